The van der Waals surface area contributed by atoms with Crippen LogP contribution in [0.25, 0.3) is 0 Å². The molecule has 1 heterocycles. The van der Waals surface area contributed by atoms with Crippen molar-refractivity contribution in [1.82, 2.24) is 10.2 Å². The molecule has 112 valence electrons. The Bertz CT molecular complexity index is 399. The minimum Gasteiger partial charge on any atom is -0.481 e. The molecule has 4 unspecified atom stereocenters. The molecule has 20 heavy (non-hydrogen) atoms. The first-order valence-corrected chi connectivity index (χ1v) is 7.92. The molecule has 0 aromatic heterocycles. The fourth-order valence-corrected chi connectivity index (χ4v) is 4.34. The maximum Gasteiger partial charge on any atom is 0.317 e. The van der Waals surface area contributed by atoms with Gasteiger partial charge in [0.05, 0.1) is 6.42 Å². The molecular formula is C15H24N2O3. The summed E-state index contributed by atoms with van der Waals surface area (Å²) in [4.78, 5) is 25.1. The Morgan fingerprint density at radius 3 is 2.65 bits per heavy atom. The first-order chi connectivity index (χ1) is 9.63. The topological polar surface area (TPSA) is 69.6 Å². The lowest BCUT2D eigenvalue weighted by Gasteiger charge is -2.36. The minimum atomic E-state index is -0.811. The Balaban J connectivity index is 1.58. The normalized spacial score (nSPS) is 36.1. The van der Waals surface area contributed by atoms with E-state index in [0.29, 0.717) is 18.5 Å². The summed E-state index contributed by atoms with van der Waals surface area (Å²) >= 11 is 0. The number of hydrogen-bond donors (Lipinski definition) is 2. The van der Waals surface area contributed by atoms with Gasteiger partial charge in [0.25, 0.3) is 0 Å². The third-order valence-corrected chi connectivity index (χ3v) is 5.35. The van der Waals surface area contributed by atoms with E-state index in [-0.39, 0.29) is 18.5 Å². The number of hydrogen-bond acceptors (Lipinski definition) is 2. The van der Waals surface area contributed by atoms with Gasteiger partial charge in [0.2, 0.25) is 0 Å². The molecule has 0 radical (unpaired) electrons. The highest BCUT2D eigenvalue weighted by molar-refractivity contribution is 5.76. The number of rotatable bonds is 3. The highest BCUT2D eigenvalue weighted by Crippen LogP contribution is 2.44. The van der Waals surface area contributed by atoms with Crippen molar-refractivity contribution in [3.05, 3.63) is 0 Å². The number of carbonyl (C=O) groups is 2. The van der Waals surface area contributed by atoms with Crippen LogP contribution in [0, 0.1) is 11.8 Å². The summed E-state index contributed by atoms with van der Waals surface area (Å²) in [5.74, 6) is 0.655. The SMILES string of the molecule is O=C(O)CC1CCCCN1C(=O)NC1CC2CCC1C2. The lowest BCUT2D eigenvalue weighted by molar-refractivity contribution is -0.138. The van der Waals surface area contributed by atoms with Crippen LogP contribution in [0.2, 0.25) is 0 Å². The number of carboxylic acids is 1. The smallest absolute Gasteiger partial charge is 0.317 e. The third-order valence-electron chi connectivity index (χ3n) is 5.35. The molecule has 2 aliphatic carbocycles. The average Bonchev–Trinajstić information content (AvgIpc) is 3.00. The first kappa shape index (κ1) is 13.7. The third kappa shape index (κ3) is 2.76. The van der Waals surface area contributed by atoms with Gasteiger partial charge in [-0.1, -0.05) is 6.42 Å². The maximum absolute atomic E-state index is 12.4. The van der Waals surface area contributed by atoms with Crippen LogP contribution in [0.3, 0.4) is 0 Å². The number of urea groups is 1. The molecule has 0 aromatic carbocycles. The molecule has 2 saturated carbocycles. The number of piperidine rings is 1. The predicted octanol–water partition coefficient (Wildman–Crippen LogP) is 2.21. The summed E-state index contributed by atoms with van der Waals surface area (Å²) in [6.45, 7) is 0.699. The zero-order valence-electron chi connectivity index (χ0n) is 11.9. The molecule has 5 nitrogen and oxygen atoms in total. The van der Waals surface area contributed by atoms with E-state index < -0.39 is 5.97 Å². The van der Waals surface area contributed by atoms with Crippen LogP contribution in [0.15, 0.2) is 0 Å². The number of nitrogens with one attached hydrogen (secondary N) is 1. The van der Waals surface area contributed by atoms with Gasteiger partial charge in [-0.2, -0.15) is 0 Å². The molecule has 4 atom stereocenters. The molecule has 2 amide bonds. The highest BCUT2D eigenvalue weighted by Gasteiger charge is 2.41. The molecule has 3 rings (SSSR count). The molecule has 5 heteroatoms. The highest BCUT2D eigenvalue weighted by atomic mass is 16.4. The molecule has 0 spiro atoms. The number of carbonyl (C=O) groups excluding carboxylic acids is 1. The molecule has 2 N–H and O–H groups in total. The zero-order chi connectivity index (χ0) is 14.1. The van der Waals surface area contributed by atoms with E-state index in [1.165, 1.54) is 19.3 Å². The van der Waals surface area contributed by atoms with Crippen LogP contribution in [-0.4, -0.2) is 40.6 Å². The maximum atomic E-state index is 12.4. The molecule has 3 aliphatic rings. The summed E-state index contributed by atoms with van der Waals surface area (Å²) in [7, 11) is 0. The quantitative estimate of drug-likeness (QED) is 0.832. The molecular weight excluding hydrogens is 256 g/mol. The number of likely N-dealkylation sites (tertiary alicyclic amines) is 1. The van der Waals surface area contributed by atoms with E-state index >= 15 is 0 Å². The van der Waals surface area contributed by atoms with Gasteiger partial charge in [0.1, 0.15) is 0 Å². The van der Waals surface area contributed by atoms with E-state index in [1.54, 1.807) is 4.90 Å². The van der Waals surface area contributed by atoms with E-state index in [2.05, 4.69) is 5.32 Å². The van der Waals surface area contributed by atoms with Crippen molar-refractivity contribution in [3.63, 3.8) is 0 Å². The van der Waals surface area contributed by atoms with Crippen molar-refractivity contribution in [2.75, 3.05) is 6.54 Å². The second kappa shape index (κ2) is 5.62. The van der Waals surface area contributed by atoms with Gasteiger partial charge < -0.3 is 15.3 Å². The summed E-state index contributed by atoms with van der Waals surface area (Å²) in [6.07, 6.45) is 7.85. The lowest BCUT2D eigenvalue weighted by atomic mass is 9.95. The Morgan fingerprint density at radius 2 is 2.00 bits per heavy atom. The van der Waals surface area contributed by atoms with Gasteiger partial charge in [-0.05, 0) is 50.4 Å². The number of carboxylic acid groups (broad SMARTS) is 1. The standard InChI is InChI=1S/C15H24N2O3/c18-14(19)9-12-3-1-2-6-17(12)15(20)16-13-8-10-4-5-11(13)7-10/h10-13H,1-9H2,(H,16,20)(H,18,19). The van der Waals surface area contributed by atoms with E-state index in [9.17, 15) is 9.59 Å². The van der Waals surface area contributed by atoms with Crippen LogP contribution in [-0.2, 0) is 4.79 Å². The fourth-order valence-electron chi connectivity index (χ4n) is 4.34. The number of fused-ring (bicyclic) bond motifs is 2. The zero-order valence-corrected chi connectivity index (χ0v) is 11.9. The monoisotopic (exact) mass is 280 g/mol. The molecule has 0 aromatic rings. The Labute approximate surface area is 119 Å². The summed E-state index contributed by atoms with van der Waals surface area (Å²) in [5, 5.41) is 12.2. The molecule has 1 aliphatic heterocycles. The van der Waals surface area contributed by atoms with Crippen molar-refractivity contribution in [1.29, 1.82) is 0 Å². The van der Waals surface area contributed by atoms with Crippen LogP contribution >= 0.6 is 0 Å². The predicted molar refractivity (Wildman–Crippen MR) is 74.4 cm³/mol. The van der Waals surface area contributed by atoms with Gasteiger partial charge in [0, 0.05) is 18.6 Å². The Kier molecular flexibility index (Phi) is 3.85. The minimum absolute atomic E-state index is 0.0338. The van der Waals surface area contributed by atoms with E-state index in [1.807, 2.05) is 0 Å². The molecule has 2 bridgehead atoms. The van der Waals surface area contributed by atoms with Crippen molar-refractivity contribution in [2.45, 2.75) is 63.5 Å². The van der Waals surface area contributed by atoms with Crippen LogP contribution < -0.4 is 5.32 Å². The number of nitrogens with zero attached hydrogens (tertiary/aromatic N) is 1. The van der Waals surface area contributed by atoms with Crippen LogP contribution in [0.4, 0.5) is 4.79 Å². The van der Waals surface area contributed by atoms with E-state index in [0.717, 1.165) is 31.6 Å². The van der Waals surface area contributed by atoms with Crippen molar-refractivity contribution < 1.29 is 14.7 Å². The number of aliphatic carboxylic acids is 1. The number of amides is 2. The van der Waals surface area contributed by atoms with Crippen molar-refractivity contribution >= 4 is 12.0 Å². The average molecular weight is 280 g/mol. The van der Waals surface area contributed by atoms with Gasteiger partial charge in [-0.3, -0.25) is 4.79 Å². The second-order valence-electron chi connectivity index (χ2n) is 6.67. The summed E-state index contributed by atoms with van der Waals surface area (Å²) < 4.78 is 0. The fraction of sp³-hybridized carbons (Fsp3) is 0.867. The summed E-state index contributed by atoms with van der Waals surface area (Å²) in [6, 6.07) is 0.169. The second-order valence-corrected chi connectivity index (χ2v) is 6.67. The van der Waals surface area contributed by atoms with Crippen LogP contribution in [0.1, 0.15) is 51.4 Å². The lowest BCUT2D eigenvalue weighted by Crippen LogP contribution is -2.52. The molecule has 3 fully saturated rings. The van der Waals surface area contributed by atoms with Gasteiger partial charge in [-0.15, -0.1) is 0 Å². The summed E-state index contributed by atoms with van der Waals surface area (Å²) in [5.41, 5.74) is 0. The van der Waals surface area contributed by atoms with Crippen molar-refractivity contribution in [3.8, 4) is 0 Å². The largest absolute Gasteiger partial charge is 0.481 e. The van der Waals surface area contributed by atoms with Crippen molar-refractivity contribution in [2.24, 2.45) is 11.8 Å². The Hall–Kier alpha value is -1.26. The van der Waals surface area contributed by atoms with E-state index in [4.69, 9.17) is 5.11 Å². The van der Waals surface area contributed by atoms with Gasteiger partial charge in [0.15, 0.2) is 0 Å². The Morgan fingerprint density at radius 1 is 1.15 bits per heavy atom. The first-order valence-electron chi connectivity index (χ1n) is 7.92. The molecule has 1 saturated heterocycles. The van der Waals surface area contributed by atoms with Crippen LogP contribution in [0.5, 0.6) is 0 Å². The van der Waals surface area contributed by atoms with Gasteiger partial charge in [-0.25, -0.2) is 4.79 Å². The van der Waals surface area contributed by atoms with Gasteiger partial charge >= 0.3 is 12.0 Å².